The summed E-state index contributed by atoms with van der Waals surface area (Å²) in [5.74, 6) is -5.01. The molecule has 5 nitrogen and oxygen atoms in total. The minimum Gasteiger partial charge on any atom is -0.325 e. The van der Waals surface area contributed by atoms with Crippen LogP contribution in [0.15, 0.2) is 66.7 Å². The zero-order chi connectivity index (χ0) is 21.7. The fourth-order valence-corrected chi connectivity index (χ4v) is 3.54. The highest BCUT2D eigenvalue weighted by Gasteiger charge is 2.39. The number of nitriles is 2. The number of Topliss-reactive ketones (excluding diaryl/α,β-unsaturated/α-hetero) is 1. The van der Waals surface area contributed by atoms with E-state index in [1.807, 2.05) is 42.5 Å². The lowest BCUT2D eigenvalue weighted by atomic mass is 9.75. The second kappa shape index (κ2) is 8.98. The fourth-order valence-electron chi connectivity index (χ4n) is 3.54. The van der Waals surface area contributed by atoms with E-state index in [9.17, 15) is 24.5 Å². The monoisotopic (exact) mass is 399 g/mol. The predicted molar refractivity (Wildman–Crippen MR) is 111 cm³/mol. The van der Waals surface area contributed by atoms with E-state index in [0.717, 1.165) is 10.8 Å². The second-order valence-corrected chi connectivity index (χ2v) is 6.95. The maximum absolute atomic E-state index is 13.1. The van der Waals surface area contributed by atoms with E-state index in [0.29, 0.717) is 11.3 Å². The number of anilines is 1. The average molecular weight is 399 g/mol. The highest BCUT2D eigenvalue weighted by Crippen LogP contribution is 2.35. The molecule has 0 bridgehead atoms. The van der Waals surface area contributed by atoms with Crippen molar-refractivity contribution in [3.63, 3.8) is 0 Å². The van der Waals surface area contributed by atoms with Crippen molar-refractivity contribution in [1.82, 2.24) is 0 Å². The molecule has 0 radical (unpaired) electrons. The summed E-state index contributed by atoms with van der Waals surface area (Å²) in [5, 5.41) is 23.5. The number of ketones is 1. The number of fused-ring (bicyclic) bond motifs is 1. The number of carbonyl (C=O) groups is 2. The summed E-state index contributed by atoms with van der Waals surface area (Å²) in [6.45, 7) is 1.26. The molecule has 0 unspecified atom stereocenters. The van der Waals surface area contributed by atoms with Crippen LogP contribution in [0, 0.1) is 40.3 Å². The molecule has 148 valence electrons. The van der Waals surface area contributed by atoms with E-state index in [1.165, 1.54) is 31.2 Å². The van der Waals surface area contributed by atoms with Crippen LogP contribution in [0.3, 0.4) is 0 Å². The van der Waals surface area contributed by atoms with Crippen LogP contribution in [-0.2, 0) is 9.59 Å². The van der Waals surface area contributed by atoms with Crippen LogP contribution in [0.2, 0.25) is 0 Å². The van der Waals surface area contributed by atoms with Gasteiger partial charge in [0.15, 0.2) is 0 Å². The number of benzene rings is 3. The lowest BCUT2D eigenvalue weighted by Gasteiger charge is -2.26. The van der Waals surface area contributed by atoms with Crippen LogP contribution in [-0.4, -0.2) is 11.7 Å². The van der Waals surface area contributed by atoms with Gasteiger partial charge in [-0.25, -0.2) is 4.39 Å². The van der Waals surface area contributed by atoms with E-state index in [4.69, 9.17) is 0 Å². The van der Waals surface area contributed by atoms with Gasteiger partial charge in [0.1, 0.15) is 23.4 Å². The highest BCUT2D eigenvalue weighted by atomic mass is 19.1. The van der Waals surface area contributed by atoms with Crippen LogP contribution in [0.4, 0.5) is 10.1 Å². The molecule has 0 aromatic heterocycles. The second-order valence-electron chi connectivity index (χ2n) is 6.95. The Hall–Kier alpha value is -4.03. The molecule has 0 aliphatic rings. The topological polar surface area (TPSA) is 93.8 Å². The first-order valence-corrected chi connectivity index (χ1v) is 9.29. The standard InChI is InChI=1S/C24H18FN3O2/c1-15(29)22(24(30)28-21-10-8-20(25)9-11-21)23(19(13-26)14-27)18-7-6-16-4-2-3-5-17(16)12-18/h2-12,19,22-23H,1H3,(H,28,30)/t22-,23+/m1/s1. The normalized spacial score (nSPS) is 12.6. The Labute approximate surface area is 173 Å². The third kappa shape index (κ3) is 4.34. The van der Waals surface area contributed by atoms with Crippen molar-refractivity contribution in [1.29, 1.82) is 10.5 Å². The molecule has 30 heavy (non-hydrogen) atoms. The van der Waals surface area contributed by atoms with E-state index in [1.54, 1.807) is 12.1 Å². The number of carbonyl (C=O) groups excluding carboxylic acids is 2. The third-order valence-electron chi connectivity index (χ3n) is 4.99. The SMILES string of the molecule is CC(=O)[C@@H](C(=O)Nc1ccc(F)cc1)[C@@H](c1ccc2ccccc2c1)C(C#N)C#N. The van der Waals surface area contributed by atoms with E-state index in [2.05, 4.69) is 5.32 Å². The third-order valence-corrected chi connectivity index (χ3v) is 4.99. The Morgan fingerprint density at radius 2 is 1.57 bits per heavy atom. The van der Waals surface area contributed by atoms with Gasteiger partial charge in [-0.1, -0.05) is 42.5 Å². The molecule has 0 spiro atoms. The molecule has 0 heterocycles. The summed E-state index contributed by atoms with van der Waals surface area (Å²) in [7, 11) is 0. The molecular formula is C24H18FN3O2. The van der Waals surface area contributed by atoms with Gasteiger partial charge in [-0.05, 0) is 47.5 Å². The molecule has 6 heteroatoms. The van der Waals surface area contributed by atoms with Crippen molar-refractivity contribution in [3.8, 4) is 12.1 Å². The number of hydrogen-bond donors (Lipinski definition) is 1. The van der Waals surface area contributed by atoms with Crippen molar-refractivity contribution in [2.24, 2.45) is 11.8 Å². The van der Waals surface area contributed by atoms with Crippen molar-refractivity contribution >= 4 is 28.2 Å². The summed E-state index contributed by atoms with van der Waals surface area (Å²) >= 11 is 0. The van der Waals surface area contributed by atoms with Crippen LogP contribution in [0.1, 0.15) is 18.4 Å². The Kier molecular flexibility index (Phi) is 6.20. The van der Waals surface area contributed by atoms with Crippen LogP contribution >= 0.6 is 0 Å². The number of amides is 1. The Morgan fingerprint density at radius 3 is 2.17 bits per heavy atom. The van der Waals surface area contributed by atoms with Gasteiger partial charge < -0.3 is 5.32 Å². The molecule has 0 aliphatic heterocycles. The quantitative estimate of drug-likeness (QED) is 0.615. The first-order valence-electron chi connectivity index (χ1n) is 9.29. The van der Waals surface area contributed by atoms with Gasteiger partial charge in [-0.15, -0.1) is 0 Å². The number of hydrogen-bond acceptors (Lipinski definition) is 4. The largest absolute Gasteiger partial charge is 0.325 e. The molecule has 3 aromatic carbocycles. The molecular weight excluding hydrogens is 381 g/mol. The zero-order valence-corrected chi connectivity index (χ0v) is 16.2. The van der Waals surface area contributed by atoms with Crippen molar-refractivity contribution in [2.45, 2.75) is 12.8 Å². The minimum absolute atomic E-state index is 0.315. The maximum Gasteiger partial charge on any atom is 0.235 e. The molecule has 2 atom stereocenters. The lowest BCUT2D eigenvalue weighted by molar-refractivity contribution is -0.131. The lowest BCUT2D eigenvalue weighted by Crippen LogP contribution is -2.36. The smallest absolute Gasteiger partial charge is 0.235 e. The fraction of sp³-hybridized carbons (Fsp3) is 0.167. The Bertz CT molecular complexity index is 1160. The molecule has 1 amide bonds. The molecule has 0 aliphatic carbocycles. The van der Waals surface area contributed by atoms with E-state index >= 15 is 0 Å². The van der Waals surface area contributed by atoms with Gasteiger partial charge in [-0.2, -0.15) is 10.5 Å². The zero-order valence-electron chi connectivity index (χ0n) is 16.2. The summed E-state index contributed by atoms with van der Waals surface area (Å²) < 4.78 is 13.1. The van der Waals surface area contributed by atoms with Crippen LogP contribution in [0.25, 0.3) is 10.8 Å². The summed E-state index contributed by atoms with van der Waals surface area (Å²) in [6, 6.07) is 21.9. The Morgan fingerprint density at radius 1 is 0.933 bits per heavy atom. The average Bonchev–Trinajstić information content (AvgIpc) is 2.74. The van der Waals surface area contributed by atoms with E-state index in [-0.39, 0.29) is 0 Å². The van der Waals surface area contributed by atoms with Gasteiger partial charge in [0.25, 0.3) is 0 Å². The molecule has 0 saturated carbocycles. The van der Waals surface area contributed by atoms with Gasteiger partial charge in [0.2, 0.25) is 5.91 Å². The summed E-state index contributed by atoms with van der Waals surface area (Å²) in [5.41, 5.74) is 0.867. The minimum atomic E-state index is -1.26. The molecule has 0 saturated heterocycles. The van der Waals surface area contributed by atoms with Gasteiger partial charge >= 0.3 is 0 Å². The molecule has 1 N–H and O–H groups in total. The van der Waals surface area contributed by atoms with Gasteiger partial charge in [0, 0.05) is 11.6 Å². The number of nitrogens with zero attached hydrogens (tertiary/aromatic N) is 2. The summed E-state index contributed by atoms with van der Waals surface area (Å²) in [6.07, 6.45) is 0. The summed E-state index contributed by atoms with van der Waals surface area (Å²) in [4.78, 5) is 25.5. The maximum atomic E-state index is 13.1. The van der Waals surface area contributed by atoms with Gasteiger partial charge in [0.05, 0.1) is 12.1 Å². The molecule has 3 rings (SSSR count). The molecule has 0 fully saturated rings. The van der Waals surface area contributed by atoms with Crippen LogP contribution in [0.5, 0.6) is 0 Å². The van der Waals surface area contributed by atoms with Crippen molar-refractivity contribution < 1.29 is 14.0 Å². The van der Waals surface area contributed by atoms with Crippen molar-refractivity contribution in [3.05, 3.63) is 78.1 Å². The first kappa shape index (κ1) is 20.7. The predicted octanol–water partition coefficient (Wildman–Crippen LogP) is 4.57. The van der Waals surface area contributed by atoms with E-state index < -0.39 is 35.3 Å². The van der Waals surface area contributed by atoms with Gasteiger partial charge in [-0.3, -0.25) is 9.59 Å². The molecule has 3 aromatic rings. The number of halogens is 1. The highest BCUT2D eigenvalue weighted by molar-refractivity contribution is 6.07. The number of rotatable bonds is 6. The Balaban J connectivity index is 2.05. The van der Waals surface area contributed by atoms with Crippen LogP contribution < -0.4 is 5.32 Å². The first-order chi connectivity index (χ1) is 14.4. The number of nitrogens with one attached hydrogen (secondary N) is 1. The van der Waals surface area contributed by atoms with Crippen molar-refractivity contribution in [2.75, 3.05) is 5.32 Å².